The Balaban J connectivity index is 1.36. The van der Waals surface area contributed by atoms with Crippen molar-refractivity contribution >= 4 is 5.91 Å². The van der Waals surface area contributed by atoms with Gasteiger partial charge in [-0.2, -0.15) is 0 Å². The van der Waals surface area contributed by atoms with Crippen LogP contribution in [-0.4, -0.2) is 68.2 Å². The van der Waals surface area contributed by atoms with Crippen molar-refractivity contribution in [2.45, 2.75) is 32.2 Å². The highest BCUT2D eigenvalue weighted by Crippen LogP contribution is 2.10. The molecule has 2 heterocycles. The molecule has 3 rings (SSSR count). The number of rotatable bonds is 7. The Morgan fingerprint density at radius 3 is 2.40 bits per heavy atom. The summed E-state index contributed by atoms with van der Waals surface area (Å²) in [5.41, 5.74) is 2.01. The number of amides is 1. The average molecular weight is 345 g/mol. The summed E-state index contributed by atoms with van der Waals surface area (Å²) in [7, 11) is 0. The van der Waals surface area contributed by atoms with E-state index >= 15 is 0 Å². The van der Waals surface area contributed by atoms with Gasteiger partial charge in [0.2, 0.25) is 0 Å². The maximum absolute atomic E-state index is 12.2. The van der Waals surface area contributed by atoms with E-state index in [4.69, 9.17) is 4.74 Å². The third-order valence-electron chi connectivity index (χ3n) is 5.11. The van der Waals surface area contributed by atoms with Crippen LogP contribution >= 0.6 is 0 Å². The van der Waals surface area contributed by atoms with Crippen LogP contribution in [0.2, 0.25) is 0 Å². The van der Waals surface area contributed by atoms with E-state index in [0.29, 0.717) is 0 Å². The van der Waals surface area contributed by atoms with Gasteiger partial charge in [0.15, 0.2) is 0 Å². The van der Waals surface area contributed by atoms with Gasteiger partial charge in [-0.25, -0.2) is 0 Å². The lowest BCUT2D eigenvalue weighted by molar-refractivity contribution is 0.0342. The summed E-state index contributed by atoms with van der Waals surface area (Å²) in [6, 6.07) is 8.02. The van der Waals surface area contributed by atoms with Gasteiger partial charge in [-0.3, -0.25) is 9.69 Å². The fourth-order valence-electron chi connectivity index (χ4n) is 3.57. The van der Waals surface area contributed by atoms with Gasteiger partial charge in [0.25, 0.3) is 5.91 Å². The molecular formula is C20H31N3O2. The Kier molecular flexibility index (Phi) is 7.27. The fraction of sp³-hybridized carbons (Fsp3) is 0.650. The summed E-state index contributed by atoms with van der Waals surface area (Å²) >= 11 is 0. The predicted molar refractivity (Wildman–Crippen MR) is 99.8 cm³/mol. The van der Waals surface area contributed by atoms with Crippen LogP contribution in [0.25, 0.3) is 0 Å². The van der Waals surface area contributed by atoms with Crippen LogP contribution in [0, 0.1) is 0 Å². The molecule has 0 radical (unpaired) electrons. The minimum Gasteiger partial charge on any atom is -0.379 e. The van der Waals surface area contributed by atoms with Gasteiger partial charge >= 0.3 is 0 Å². The molecule has 1 aromatic carbocycles. The van der Waals surface area contributed by atoms with Crippen molar-refractivity contribution in [1.29, 1.82) is 0 Å². The smallest absolute Gasteiger partial charge is 0.251 e. The summed E-state index contributed by atoms with van der Waals surface area (Å²) < 4.78 is 5.38. The van der Waals surface area contributed by atoms with Crippen LogP contribution in [-0.2, 0) is 11.3 Å². The standard InChI is InChI=1S/C20H31N3O2/c24-20(21-9-4-12-22-10-2-1-3-11-22)19-7-5-18(6-8-19)17-23-13-15-25-16-14-23/h5-8H,1-4,9-17H2,(H,21,24). The van der Waals surface area contributed by atoms with Crippen LogP contribution in [0.1, 0.15) is 41.6 Å². The fourth-order valence-corrected chi connectivity index (χ4v) is 3.57. The average Bonchev–Trinajstić information content (AvgIpc) is 2.67. The molecule has 2 fully saturated rings. The van der Waals surface area contributed by atoms with E-state index in [1.165, 1.54) is 37.9 Å². The molecule has 0 bridgehead atoms. The van der Waals surface area contributed by atoms with Crippen molar-refractivity contribution in [2.24, 2.45) is 0 Å². The van der Waals surface area contributed by atoms with Crippen LogP contribution in [0.5, 0.6) is 0 Å². The molecule has 2 saturated heterocycles. The second-order valence-corrected chi connectivity index (χ2v) is 7.10. The highest BCUT2D eigenvalue weighted by Gasteiger charge is 2.12. The normalized spacial score (nSPS) is 19.7. The third-order valence-corrected chi connectivity index (χ3v) is 5.11. The van der Waals surface area contributed by atoms with E-state index < -0.39 is 0 Å². The minimum absolute atomic E-state index is 0.0385. The number of carbonyl (C=O) groups is 1. The molecule has 25 heavy (non-hydrogen) atoms. The highest BCUT2D eigenvalue weighted by molar-refractivity contribution is 5.94. The minimum atomic E-state index is 0.0385. The molecule has 1 aromatic rings. The molecule has 0 saturated carbocycles. The Morgan fingerprint density at radius 2 is 1.68 bits per heavy atom. The summed E-state index contributed by atoms with van der Waals surface area (Å²) in [6.07, 6.45) is 5.04. The number of hydrogen-bond acceptors (Lipinski definition) is 4. The Labute approximate surface area is 151 Å². The van der Waals surface area contributed by atoms with Crippen molar-refractivity contribution in [2.75, 3.05) is 52.5 Å². The van der Waals surface area contributed by atoms with Gasteiger partial charge in [0, 0.05) is 31.7 Å². The molecule has 5 heteroatoms. The Morgan fingerprint density at radius 1 is 0.960 bits per heavy atom. The zero-order valence-corrected chi connectivity index (χ0v) is 15.2. The number of morpholine rings is 1. The van der Waals surface area contributed by atoms with Gasteiger partial charge in [-0.1, -0.05) is 18.6 Å². The van der Waals surface area contributed by atoms with E-state index in [9.17, 15) is 4.79 Å². The van der Waals surface area contributed by atoms with E-state index in [2.05, 4.69) is 27.2 Å². The van der Waals surface area contributed by atoms with E-state index in [0.717, 1.165) is 57.9 Å². The van der Waals surface area contributed by atoms with Crippen molar-refractivity contribution in [1.82, 2.24) is 15.1 Å². The Bertz CT molecular complexity index is 520. The molecule has 0 spiro atoms. The first-order chi connectivity index (χ1) is 12.3. The number of ether oxygens (including phenoxy) is 1. The lowest BCUT2D eigenvalue weighted by Crippen LogP contribution is -2.35. The van der Waals surface area contributed by atoms with Crippen LogP contribution in [0.3, 0.4) is 0 Å². The first-order valence-corrected chi connectivity index (χ1v) is 9.71. The van der Waals surface area contributed by atoms with Crippen LogP contribution < -0.4 is 5.32 Å². The summed E-state index contributed by atoms with van der Waals surface area (Å²) in [4.78, 5) is 17.1. The second kappa shape index (κ2) is 9.90. The number of benzene rings is 1. The van der Waals surface area contributed by atoms with Crippen LogP contribution in [0.15, 0.2) is 24.3 Å². The maximum atomic E-state index is 12.2. The zero-order chi connectivity index (χ0) is 17.3. The van der Waals surface area contributed by atoms with Crippen molar-refractivity contribution in [3.8, 4) is 0 Å². The van der Waals surface area contributed by atoms with E-state index in [1.807, 2.05) is 12.1 Å². The van der Waals surface area contributed by atoms with Gasteiger partial charge in [0.05, 0.1) is 13.2 Å². The summed E-state index contributed by atoms with van der Waals surface area (Å²) in [6.45, 7) is 8.83. The molecule has 138 valence electrons. The van der Waals surface area contributed by atoms with Crippen molar-refractivity contribution < 1.29 is 9.53 Å². The Hall–Kier alpha value is -1.43. The molecule has 2 aliphatic heterocycles. The van der Waals surface area contributed by atoms with Crippen molar-refractivity contribution in [3.63, 3.8) is 0 Å². The van der Waals surface area contributed by atoms with Gasteiger partial charge in [-0.15, -0.1) is 0 Å². The molecular weight excluding hydrogens is 314 g/mol. The molecule has 0 unspecified atom stereocenters. The van der Waals surface area contributed by atoms with Gasteiger partial charge in [0.1, 0.15) is 0 Å². The largest absolute Gasteiger partial charge is 0.379 e. The molecule has 0 atom stereocenters. The molecule has 1 N–H and O–H groups in total. The number of hydrogen-bond donors (Lipinski definition) is 1. The number of nitrogens with one attached hydrogen (secondary N) is 1. The molecule has 0 aliphatic carbocycles. The monoisotopic (exact) mass is 345 g/mol. The van der Waals surface area contributed by atoms with E-state index in [1.54, 1.807) is 0 Å². The summed E-state index contributed by atoms with van der Waals surface area (Å²) in [5.74, 6) is 0.0385. The first-order valence-electron chi connectivity index (χ1n) is 9.71. The maximum Gasteiger partial charge on any atom is 0.251 e. The van der Waals surface area contributed by atoms with Gasteiger partial charge < -0.3 is 15.0 Å². The third kappa shape index (κ3) is 6.10. The summed E-state index contributed by atoms with van der Waals surface area (Å²) in [5, 5.41) is 3.05. The highest BCUT2D eigenvalue weighted by atomic mass is 16.5. The second-order valence-electron chi connectivity index (χ2n) is 7.10. The van der Waals surface area contributed by atoms with Crippen molar-refractivity contribution in [3.05, 3.63) is 35.4 Å². The number of nitrogens with zero attached hydrogens (tertiary/aromatic N) is 2. The van der Waals surface area contributed by atoms with Crippen LogP contribution in [0.4, 0.5) is 0 Å². The number of piperidine rings is 1. The lowest BCUT2D eigenvalue weighted by Gasteiger charge is -2.26. The molecule has 1 amide bonds. The predicted octanol–water partition coefficient (Wildman–Crippen LogP) is 2.12. The molecule has 2 aliphatic rings. The molecule has 5 nitrogen and oxygen atoms in total. The first kappa shape index (κ1) is 18.4. The quantitative estimate of drug-likeness (QED) is 0.769. The molecule has 0 aromatic heterocycles. The number of likely N-dealkylation sites (tertiary alicyclic amines) is 1. The zero-order valence-electron chi connectivity index (χ0n) is 15.2. The topological polar surface area (TPSA) is 44.8 Å². The number of carbonyl (C=O) groups excluding carboxylic acids is 1. The van der Waals surface area contributed by atoms with E-state index in [-0.39, 0.29) is 5.91 Å². The van der Waals surface area contributed by atoms with Gasteiger partial charge in [-0.05, 0) is 56.6 Å². The lowest BCUT2D eigenvalue weighted by atomic mass is 10.1. The SMILES string of the molecule is O=C(NCCCN1CCCCC1)c1ccc(CN2CCOCC2)cc1.